The molecule has 2 saturated heterocycles. The predicted octanol–water partition coefficient (Wildman–Crippen LogP) is -1.69. The molecule has 10 nitrogen and oxygen atoms in total. The number of likely N-dealkylation sites (N-methyl/N-ethyl adjacent to an activating group) is 1. The highest BCUT2D eigenvalue weighted by molar-refractivity contribution is 6.25. The Kier molecular flexibility index (Phi) is 4.25. The van der Waals surface area contributed by atoms with E-state index in [-0.39, 0.29) is 54.5 Å². The Hall–Kier alpha value is -2.43. The van der Waals surface area contributed by atoms with Crippen LogP contribution in [0.1, 0.15) is 6.92 Å². The number of piperazine rings is 1. The Morgan fingerprint density at radius 3 is 2.75 bits per heavy atom. The molecule has 3 aliphatic heterocycles. The fraction of sp³-hybridized carbons (Fsp3) is 0.611. The summed E-state index contributed by atoms with van der Waals surface area (Å²) in [6.45, 7) is 1.78. The molecule has 10 heteroatoms. The SMILES string of the molecule is CO[C@@]12[C@H](COC(=O)NCCO)C3=C(C(=O)C(C)=C(N)C3=O)N1C[C@@H]1[C@@H]2N1C. The molecule has 0 bridgehead atoms. The first-order valence-corrected chi connectivity index (χ1v) is 9.17. The third-order valence-corrected chi connectivity index (χ3v) is 6.36. The summed E-state index contributed by atoms with van der Waals surface area (Å²) in [5, 5.41) is 11.2. The molecular formula is C18H24N4O6. The summed E-state index contributed by atoms with van der Waals surface area (Å²) in [4.78, 5) is 41.9. The van der Waals surface area contributed by atoms with Crippen LogP contribution in [0.25, 0.3) is 0 Å². The highest BCUT2D eigenvalue weighted by Crippen LogP contribution is 2.59. The van der Waals surface area contributed by atoms with E-state index in [1.54, 1.807) is 6.92 Å². The van der Waals surface area contributed by atoms with Crippen LogP contribution in [0.15, 0.2) is 22.5 Å². The minimum atomic E-state index is -0.975. The van der Waals surface area contributed by atoms with Crippen molar-refractivity contribution >= 4 is 17.7 Å². The van der Waals surface area contributed by atoms with Crippen molar-refractivity contribution in [2.75, 3.05) is 40.5 Å². The van der Waals surface area contributed by atoms with Gasteiger partial charge in [-0.05, 0) is 14.0 Å². The monoisotopic (exact) mass is 392 g/mol. The third kappa shape index (κ3) is 2.22. The number of carbonyl (C=O) groups is 3. The molecule has 1 aliphatic carbocycles. The van der Waals surface area contributed by atoms with Crippen molar-refractivity contribution in [3.8, 4) is 0 Å². The number of aliphatic hydroxyl groups excluding tert-OH is 1. The van der Waals surface area contributed by atoms with Gasteiger partial charge in [0.15, 0.2) is 5.72 Å². The van der Waals surface area contributed by atoms with Gasteiger partial charge in [0, 0.05) is 37.4 Å². The van der Waals surface area contributed by atoms with Crippen molar-refractivity contribution in [3.63, 3.8) is 0 Å². The number of hydrogen-bond donors (Lipinski definition) is 3. The quantitative estimate of drug-likeness (QED) is 0.370. The van der Waals surface area contributed by atoms with E-state index >= 15 is 0 Å². The molecule has 4 N–H and O–H groups in total. The molecule has 1 amide bonds. The largest absolute Gasteiger partial charge is 0.449 e. The third-order valence-electron chi connectivity index (χ3n) is 6.36. The van der Waals surface area contributed by atoms with Crippen LogP contribution in [0.5, 0.6) is 0 Å². The number of rotatable bonds is 5. The van der Waals surface area contributed by atoms with Gasteiger partial charge in [-0.15, -0.1) is 0 Å². The Morgan fingerprint density at radius 1 is 1.39 bits per heavy atom. The topological polar surface area (TPSA) is 134 Å². The number of ether oxygens (including phenoxy) is 2. The van der Waals surface area contributed by atoms with E-state index in [1.807, 2.05) is 11.9 Å². The van der Waals surface area contributed by atoms with Crippen LogP contribution in [0, 0.1) is 5.92 Å². The van der Waals surface area contributed by atoms with Gasteiger partial charge in [0.1, 0.15) is 6.61 Å². The molecule has 0 aromatic heterocycles. The molecule has 2 fully saturated rings. The number of hydrogen-bond acceptors (Lipinski definition) is 9. The van der Waals surface area contributed by atoms with Crippen LogP contribution >= 0.6 is 0 Å². The van der Waals surface area contributed by atoms with Gasteiger partial charge < -0.3 is 30.5 Å². The number of nitrogens with zero attached hydrogens (tertiary/aromatic N) is 2. The number of ketones is 2. The second-order valence-electron chi connectivity index (χ2n) is 7.50. The lowest BCUT2D eigenvalue weighted by atomic mass is 9.82. The van der Waals surface area contributed by atoms with Crippen molar-refractivity contribution in [1.82, 2.24) is 15.1 Å². The molecule has 3 heterocycles. The van der Waals surface area contributed by atoms with Crippen molar-refractivity contribution in [2.24, 2.45) is 11.7 Å². The highest BCUT2D eigenvalue weighted by Gasteiger charge is 2.75. The highest BCUT2D eigenvalue weighted by atomic mass is 16.6. The smallest absolute Gasteiger partial charge is 0.407 e. The number of aliphatic hydroxyl groups is 1. The average molecular weight is 392 g/mol. The lowest BCUT2D eigenvalue weighted by molar-refractivity contribution is -0.144. The lowest BCUT2D eigenvalue weighted by Gasteiger charge is -2.40. The summed E-state index contributed by atoms with van der Waals surface area (Å²) in [6, 6.07) is 0.172. The van der Waals surface area contributed by atoms with Crippen LogP contribution in [-0.2, 0) is 19.1 Å². The van der Waals surface area contributed by atoms with E-state index in [4.69, 9.17) is 20.3 Å². The summed E-state index contributed by atoms with van der Waals surface area (Å²) in [7, 11) is 3.50. The predicted molar refractivity (Wildman–Crippen MR) is 95.6 cm³/mol. The maximum absolute atomic E-state index is 13.0. The minimum absolute atomic E-state index is 0.0284. The van der Waals surface area contributed by atoms with E-state index in [2.05, 4.69) is 10.2 Å². The van der Waals surface area contributed by atoms with E-state index in [0.717, 1.165) is 0 Å². The summed E-state index contributed by atoms with van der Waals surface area (Å²) < 4.78 is 11.3. The number of nitrogens with one attached hydrogen (secondary N) is 1. The van der Waals surface area contributed by atoms with Crippen LogP contribution in [-0.4, -0.2) is 90.8 Å². The van der Waals surface area contributed by atoms with Gasteiger partial charge >= 0.3 is 6.09 Å². The van der Waals surface area contributed by atoms with Gasteiger partial charge in [-0.2, -0.15) is 0 Å². The standard InChI is InChI=1S/C18H24N4O6/c1-8-12(19)15(25)11-9(7-28-17(26)20-4-5-23)18(27-3)16-10(21(16)2)6-22(18)13(11)14(8)24/h9-10,16,23H,4-7,19H2,1-3H3,(H,20,26)/t9-,10-,16+,18-,21?/m1/s1. The number of alkyl carbamates (subject to hydrolysis) is 1. The summed E-state index contributed by atoms with van der Waals surface area (Å²) >= 11 is 0. The van der Waals surface area contributed by atoms with E-state index < -0.39 is 23.5 Å². The van der Waals surface area contributed by atoms with Crippen molar-refractivity contribution < 1.29 is 29.0 Å². The molecule has 5 atom stereocenters. The number of carbonyl (C=O) groups excluding carboxylic acids is 3. The molecule has 1 unspecified atom stereocenters. The first-order valence-electron chi connectivity index (χ1n) is 9.17. The molecule has 152 valence electrons. The van der Waals surface area contributed by atoms with E-state index in [0.29, 0.717) is 12.2 Å². The Labute approximate surface area is 161 Å². The van der Waals surface area contributed by atoms with Crippen LogP contribution < -0.4 is 11.1 Å². The van der Waals surface area contributed by atoms with Gasteiger partial charge in [-0.25, -0.2) is 4.79 Å². The average Bonchev–Trinajstić information content (AvgIpc) is 3.07. The van der Waals surface area contributed by atoms with Gasteiger partial charge in [-0.1, -0.05) is 0 Å². The molecule has 0 spiro atoms. The maximum atomic E-state index is 13.0. The number of allylic oxidation sites excluding steroid dienone is 2. The number of Topliss-reactive ketones (excluding diaryl/α,β-unsaturated/α-hetero) is 2. The molecule has 4 aliphatic rings. The van der Waals surface area contributed by atoms with Crippen molar-refractivity contribution in [1.29, 1.82) is 0 Å². The fourth-order valence-electron chi connectivity index (χ4n) is 4.94. The Balaban J connectivity index is 1.72. The van der Waals surface area contributed by atoms with Crippen molar-refractivity contribution in [3.05, 3.63) is 22.5 Å². The molecular weight excluding hydrogens is 368 g/mol. The van der Waals surface area contributed by atoms with E-state index in [1.165, 1.54) is 7.11 Å². The van der Waals surface area contributed by atoms with Gasteiger partial charge in [0.25, 0.3) is 0 Å². The summed E-state index contributed by atoms with van der Waals surface area (Å²) in [5.74, 6) is -1.36. The van der Waals surface area contributed by atoms with Crippen LogP contribution in [0.3, 0.4) is 0 Å². The first kappa shape index (κ1) is 18.9. The second-order valence-corrected chi connectivity index (χ2v) is 7.50. The molecule has 28 heavy (non-hydrogen) atoms. The molecule has 0 aromatic carbocycles. The molecule has 4 rings (SSSR count). The second kappa shape index (κ2) is 6.29. The maximum Gasteiger partial charge on any atom is 0.407 e. The van der Waals surface area contributed by atoms with E-state index in [9.17, 15) is 14.4 Å². The summed E-state index contributed by atoms with van der Waals surface area (Å²) in [6.07, 6.45) is -0.714. The number of amides is 1. The number of nitrogens with two attached hydrogens (primary N) is 1. The first-order chi connectivity index (χ1) is 13.3. The number of fused-ring (bicyclic) bond motifs is 4. The van der Waals surface area contributed by atoms with Gasteiger partial charge in [-0.3, -0.25) is 14.5 Å². The Bertz CT molecular complexity index is 836. The fourth-order valence-corrected chi connectivity index (χ4v) is 4.94. The van der Waals surface area contributed by atoms with Crippen LogP contribution in [0.2, 0.25) is 0 Å². The Morgan fingerprint density at radius 2 is 2.11 bits per heavy atom. The molecule has 0 saturated carbocycles. The zero-order chi connectivity index (χ0) is 20.4. The van der Waals surface area contributed by atoms with Crippen LogP contribution in [0.4, 0.5) is 4.79 Å². The summed E-state index contributed by atoms with van der Waals surface area (Å²) in [5.41, 5.74) is 5.65. The van der Waals surface area contributed by atoms with Gasteiger partial charge in [0.2, 0.25) is 11.6 Å². The number of methoxy groups -OCH3 is 1. The zero-order valence-corrected chi connectivity index (χ0v) is 16.0. The molecule has 0 radical (unpaired) electrons. The minimum Gasteiger partial charge on any atom is -0.449 e. The normalized spacial score (nSPS) is 35.8. The lowest BCUT2D eigenvalue weighted by Crippen LogP contribution is -2.55. The zero-order valence-electron chi connectivity index (χ0n) is 16.0. The molecule has 0 aromatic rings. The van der Waals surface area contributed by atoms with Gasteiger partial charge in [0.05, 0.1) is 30.0 Å². The van der Waals surface area contributed by atoms with Crippen molar-refractivity contribution in [2.45, 2.75) is 24.7 Å².